The van der Waals surface area contributed by atoms with Crippen LogP contribution in [0, 0.1) is 22.7 Å². The molecule has 0 fully saturated rings. The predicted molar refractivity (Wildman–Crippen MR) is 93.4 cm³/mol. The topological polar surface area (TPSA) is 78.3 Å². The van der Waals surface area contributed by atoms with Crippen molar-refractivity contribution in [2.24, 2.45) is 0 Å². The van der Waals surface area contributed by atoms with Crippen molar-refractivity contribution in [1.82, 2.24) is 4.40 Å². The third-order valence-corrected chi connectivity index (χ3v) is 3.84. The van der Waals surface area contributed by atoms with Gasteiger partial charge in [0.05, 0.1) is 18.2 Å². The second-order valence-corrected chi connectivity index (χ2v) is 5.31. The third kappa shape index (κ3) is 2.99. The summed E-state index contributed by atoms with van der Waals surface area (Å²) in [4.78, 5) is 12.2. The first-order valence-electron chi connectivity index (χ1n) is 7.48. The SMILES string of the molecule is COC(=O)c1cn2ccccc2c1-c1ccc(C=C(C#N)C#N)cc1. The first kappa shape index (κ1) is 16.0. The van der Waals surface area contributed by atoms with Gasteiger partial charge in [0, 0.05) is 18.0 Å². The lowest BCUT2D eigenvalue weighted by atomic mass is 10.0. The van der Waals surface area contributed by atoms with Crippen LogP contribution in [0.5, 0.6) is 0 Å². The van der Waals surface area contributed by atoms with Crippen LogP contribution >= 0.6 is 0 Å². The van der Waals surface area contributed by atoms with Gasteiger partial charge in [0.1, 0.15) is 17.7 Å². The molecule has 0 aliphatic rings. The van der Waals surface area contributed by atoms with Gasteiger partial charge >= 0.3 is 5.97 Å². The molecule has 0 aliphatic carbocycles. The summed E-state index contributed by atoms with van der Waals surface area (Å²) in [7, 11) is 1.35. The number of hydrogen-bond donors (Lipinski definition) is 0. The van der Waals surface area contributed by atoms with Crippen molar-refractivity contribution in [1.29, 1.82) is 10.5 Å². The summed E-state index contributed by atoms with van der Waals surface area (Å²) >= 11 is 0. The van der Waals surface area contributed by atoms with Crippen LogP contribution in [0.4, 0.5) is 0 Å². The maximum Gasteiger partial charge on any atom is 0.340 e. The van der Waals surface area contributed by atoms with E-state index in [9.17, 15) is 4.79 Å². The van der Waals surface area contributed by atoms with Crippen LogP contribution in [0.2, 0.25) is 0 Å². The lowest BCUT2D eigenvalue weighted by Gasteiger charge is -2.05. The molecule has 25 heavy (non-hydrogen) atoms. The highest BCUT2D eigenvalue weighted by molar-refractivity contribution is 6.02. The standard InChI is InChI=1S/C20H13N3O2/c1-25-20(24)17-13-23-9-3-2-4-18(23)19(17)16-7-5-14(6-8-16)10-15(11-21)12-22/h2-10,13H,1H3. The summed E-state index contributed by atoms with van der Waals surface area (Å²) < 4.78 is 6.77. The average molecular weight is 327 g/mol. The van der Waals surface area contributed by atoms with Gasteiger partial charge in [-0.3, -0.25) is 0 Å². The second-order valence-electron chi connectivity index (χ2n) is 5.31. The Kier molecular flexibility index (Phi) is 4.32. The largest absolute Gasteiger partial charge is 0.465 e. The van der Waals surface area contributed by atoms with Gasteiger partial charge in [0.2, 0.25) is 0 Å². The van der Waals surface area contributed by atoms with Crippen LogP contribution in [0.15, 0.2) is 60.4 Å². The summed E-state index contributed by atoms with van der Waals surface area (Å²) in [6.45, 7) is 0. The molecular formula is C20H13N3O2. The molecule has 1 aromatic carbocycles. The molecule has 120 valence electrons. The van der Waals surface area contributed by atoms with Crippen LogP contribution in [0.1, 0.15) is 15.9 Å². The van der Waals surface area contributed by atoms with Crippen molar-refractivity contribution >= 4 is 17.6 Å². The van der Waals surface area contributed by atoms with Gasteiger partial charge in [-0.2, -0.15) is 10.5 Å². The number of fused-ring (bicyclic) bond motifs is 1. The van der Waals surface area contributed by atoms with Crippen molar-refractivity contribution < 1.29 is 9.53 Å². The molecule has 0 unspecified atom stereocenters. The molecule has 0 spiro atoms. The van der Waals surface area contributed by atoms with Crippen LogP contribution in [-0.4, -0.2) is 17.5 Å². The van der Waals surface area contributed by atoms with Crippen LogP contribution in [-0.2, 0) is 4.74 Å². The van der Waals surface area contributed by atoms with E-state index in [1.54, 1.807) is 18.3 Å². The van der Waals surface area contributed by atoms with E-state index in [1.165, 1.54) is 13.2 Å². The molecule has 3 aromatic rings. The van der Waals surface area contributed by atoms with E-state index in [1.807, 2.05) is 53.1 Å². The van der Waals surface area contributed by atoms with E-state index in [0.717, 1.165) is 22.2 Å². The Bertz CT molecular complexity index is 1040. The first-order chi connectivity index (χ1) is 12.2. The quantitative estimate of drug-likeness (QED) is 0.541. The molecule has 2 heterocycles. The smallest absolute Gasteiger partial charge is 0.340 e. The Morgan fingerprint density at radius 3 is 2.48 bits per heavy atom. The number of nitriles is 2. The molecule has 0 N–H and O–H groups in total. The van der Waals surface area contributed by atoms with Gasteiger partial charge in [-0.1, -0.05) is 30.3 Å². The molecule has 2 aromatic heterocycles. The fraction of sp³-hybridized carbons (Fsp3) is 0.0500. The Labute approximate surface area is 144 Å². The number of carbonyl (C=O) groups excluding carboxylic acids is 1. The minimum absolute atomic E-state index is 0.0392. The summed E-state index contributed by atoms with van der Waals surface area (Å²) in [5, 5.41) is 17.7. The zero-order valence-electron chi connectivity index (χ0n) is 13.4. The van der Waals surface area contributed by atoms with E-state index >= 15 is 0 Å². The van der Waals surface area contributed by atoms with Gasteiger partial charge in [-0.05, 0) is 29.3 Å². The van der Waals surface area contributed by atoms with Crippen molar-refractivity contribution in [2.45, 2.75) is 0 Å². The Morgan fingerprint density at radius 2 is 1.84 bits per heavy atom. The minimum Gasteiger partial charge on any atom is -0.465 e. The minimum atomic E-state index is -0.404. The van der Waals surface area contributed by atoms with Crippen molar-refractivity contribution in [2.75, 3.05) is 7.11 Å². The number of carbonyl (C=O) groups is 1. The predicted octanol–water partition coefficient (Wildman–Crippen LogP) is 3.82. The van der Waals surface area contributed by atoms with E-state index in [2.05, 4.69) is 0 Å². The molecule has 0 bridgehead atoms. The number of esters is 1. The average Bonchev–Trinajstić information content (AvgIpc) is 3.05. The number of hydrogen-bond acceptors (Lipinski definition) is 4. The Hall–Kier alpha value is -3.83. The molecule has 0 saturated carbocycles. The summed E-state index contributed by atoms with van der Waals surface area (Å²) in [5.74, 6) is -0.404. The zero-order valence-corrected chi connectivity index (χ0v) is 13.4. The molecule has 0 radical (unpaired) electrons. The number of allylic oxidation sites excluding steroid dienone is 1. The molecule has 0 saturated heterocycles. The highest BCUT2D eigenvalue weighted by Crippen LogP contribution is 2.31. The van der Waals surface area contributed by atoms with Crippen molar-refractivity contribution in [3.8, 4) is 23.3 Å². The maximum atomic E-state index is 12.2. The highest BCUT2D eigenvalue weighted by Gasteiger charge is 2.18. The molecule has 3 rings (SSSR count). The number of rotatable bonds is 3. The van der Waals surface area contributed by atoms with Gasteiger partial charge in [-0.25, -0.2) is 4.79 Å². The molecule has 0 atom stereocenters. The molecule has 0 aliphatic heterocycles. The normalized spacial score (nSPS) is 9.88. The molecular weight excluding hydrogens is 314 g/mol. The second kappa shape index (κ2) is 6.74. The van der Waals surface area contributed by atoms with E-state index < -0.39 is 5.97 Å². The van der Waals surface area contributed by atoms with Gasteiger partial charge in [-0.15, -0.1) is 0 Å². The summed E-state index contributed by atoms with van der Waals surface area (Å²) in [6, 6.07) is 16.7. The number of benzene rings is 1. The molecule has 5 heteroatoms. The fourth-order valence-corrected chi connectivity index (χ4v) is 2.69. The molecule has 0 amide bonds. The van der Waals surface area contributed by atoms with Crippen molar-refractivity contribution in [3.05, 3.63) is 71.6 Å². The molecule has 5 nitrogen and oxygen atoms in total. The van der Waals surface area contributed by atoms with Crippen LogP contribution < -0.4 is 0 Å². The van der Waals surface area contributed by atoms with Crippen LogP contribution in [0.25, 0.3) is 22.7 Å². The highest BCUT2D eigenvalue weighted by atomic mass is 16.5. The van der Waals surface area contributed by atoms with Gasteiger partial charge < -0.3 is 9.14 Å². The maximum absolute atomic E-state index is 12.2. The summed E-state index contributed by atoms with van der Waals surface area (Å²) in [6.07, 6.45) is 5.13. The monoisotopic (exact) mass is 327 g/mol. The van der Waals surface area contributed by atoms with E-state index in [4.69, 9.17) is 15.3 Å². The van der Waals surface area contributed by atoms with E-state index in [0.29, 0.717) is 5.56 Å². The third-order valence-electron chi connectivity index (χ3n) is 3.84. The van der Waals surface area contributed by atoms with Crippen LogP contribution in [0.3, 0.4) is 0 Å². The van der Waals surface area contributed by atoms with Crippen molar-refractivity contribution in [3.63, 3.8) is 0 Å². The number of methoxy groups -OCH3 is 1. The number of aromatic nitrogens is 1. The lowest BCUT2D eigenvalue weighted by Crippen LogP contribution is -2.01. The summed E-state index contributed by atoms with van der Waals surface area (Å²) in [5.41, 5.74) is 3.78. The Morgan fingerprint density at radius 1 is 1.12 bits per heavy atom. The number of nitrogens with zero attached hydrogens (tertiary/aromatic N) is 3. The Balaban J connectivity index is 2.14. The first-order valence-corrected chi connectivity index (χ1v) is 7.48. The van der Waals surface area contributed by atoms with Gasteiger partial charge in [0.25, 0.3) is 0 Å². The number of ether oxygens (including phenoxy) is 1. The number of pyridine rings is 1. The fourth-order valence-electron chi connectivity index (χ4n) is 2.69. The lowest BCUT2D eigenvalue weighted by molar-refractivity contribution is 0.0601. The van der Waals surface area contributed by atoms with E-state index in [-0.39, 0.29) is 5.57 Å². The zero-order chi connectivity index (χ0) is 17.8. The van der Waals surface area contributed by atoms with Gasteiger partial charge in [0.15, 0.2) is 0 Å².